The Bertz CT molecular complexity index is 788. The number of Topliss-reactive ketones (excluding diaryl/α,β-unsaturated/α-hetero) is 1. The van der Waals surface area contributed by atoms with Crippen LogP contribution < -0.4 is 0 Å². The third kappa shape index (κ3) is 3.63. The van der Waals surface area contributed by atoms with E-state index in [-0.39, 0.29) is 10.5 Å². The van der Waals surface area contributed by atoms with Gasteiger partial charge in [0.05, 0.1) is 5.56 Å². The number of ketones is 1. The summed E-state index contributed by atoms with van der Waals surface area (Å²) in [4.78, 5) is 16.4. The van der Waals surface area contributed by atoms with Crippen LogP contribution in [-0.4, -0.2) is 21.9 Å². The molecule has 0 spiro atoms. The third-order valence-corrected chi connectivity index (χ3v) is 3.94. The standard InChI is InChI=1S/C12H3Br2F7N2O/c13-4-1-3(8(24)12(19,20)21)2-5(15)6(4)10-22-7(9(14)23-10)11(16,17)18/h1-2H,(H,22,23). The zero-order valence-corrected chi connectivity index (χ0v) is 14.1. The summed E-state index contributed by atoms with van der Waals surface area (Å²) in [6.45, 7) is 0. The molecule has 2 aromatic rings. The van der Waals surface area contributed by atoms with Gasteiger partial charge in [-0.1, -0.05) is 0 Å². The van der Waals surface area contributed by atoms with E-state index in [0.29, 0.717) is 6.07 Å². The van der Waals surface area contributed by atoms with Crippen LogP contribution in [0.2, 0.25) is 0 Å². The molecule has 12 heteroatoms. The van der Waals surface area contributed by atoms with Crippen molar-refractivity contribution in [2.45, 2.75) is 12.4 Å². The summed E-state index contributed by atoms with van der Waals surface area (Å²) in [6.07, 6.45) is -10.0. The number of hydrogen-bond donors (Lipinski definition) is 1. The van der Waals surface area contributed by atoms with Gasteiger partial charge in [-0.25, -0.2) is 9.37 Å². The molecule has 0 unspecified atom stereocenters. The highest BCUT2D eigenvalue weighted by atomic mass is 79.9. The van der Waals surface area contributed by atoms with Gasteiger partial charge in [0.2, 0.25) is 0 Å². The van der Waals surface area contributed by atoms with Gasteiger partial charge in [-0.15, -0.1) is 0 Å². The van der Waals surface area contributed by atoms with Crippen molar-refractivity contribution in [1.82, 2.24) is 9.97 Å². The Morgan fingerprint density at radius 3 is 2.08 bits per heavy atom. The second kappa shape index (κ2) is 6.14. The van der Waals surface area contributed by atoms with E-state index >= 15 is 0 Å². The van der Waals surface area contributed by atoms with E-state index in [1.165, 1.54) is 0 Å². The first kappa shape index (κ1) is 18.9. The lowest BCUT2D eigenvalue weighted by atomic mass is 10.1. The van der Waals surface area contributed by atoms with Crippen molar-refractivity contribution >= 4 is 37.6 Å². The first-order chi connectivity index (χ1) is 10.8. The number of carbonyl (C=O) groups excluding carboxylic acids is 1. The molecule has 130 valence electrons. The molecule has 0 aliphatic heterocycles. The highest BCUT2D eigenvalue weighted by Crippen LogP contribution is 2.38. The van der Waals surface area contributed by atoms with Crippen LogP contribution in [-0.2, 0) is 6.18 Å². The second-order valence-electron chi connectivity index (χ2n) is 4.39. The lowest BCUT2D eigenvalue weighted by Crippen LogP contribution is -2.23. The number of imidazole rings is 1. The zero-order chi connectivity index (χ0) is 18.4. The van der Waals surface area contributed by atoms with Crippen molar-refractivity contribution in [1.29, 1.82) is 0 Å². The molecule has 1 N–H and O–H groups in total. The fourth-order valence-corrected chi connectivity index (χ4v) is 2.88. The largest absolute Gasteiger partial charge is 0.454 e. The van der Waals surface area contributed by atoms with Gasteiger partial charge in [-0.05, 0) is 44.0 Å². The van der Waals surface area contributed by atoms with Gasteiger partial charge in [0.25, 0.3) is 5.78 Å². The summed E-state index contributed by atoms with van der Waals surface area (Å²) in [7, 11) is 0. The van der Waals surface area contributed by atoms with E-state index in [4.69, 9.17) is 0 Å². The predicted octanol–water partition coefficient (Wildman–Crippen LogP) is 5.50. The molecular formula is C12H3Br2F7N2O. The highest BCUT2D eigenvalue weighted by molar-refractivity contribution is 9.10. The second-order valence-corrected chi connectivity index (χ2v) is 6.00. The summed E-state index contributed by atoms with van der Waals surface area (Å²) in [6, 6.07) is 0.928. The molecule has 0 aliphatic rings. The number of nitrogens with zero attached hydrogens (tertiary/aromatic N) is 1. The molecule has 1 aromatic carbocycles. The first-order valence-corrected chi connectivity index (χ1v) is 7.34. The predicted molar refractivity (Wildman–Crippen MR) is 74.8 cm³/mol. The smallest absolute Gasteiger partial charge is 0.333 e. The van der Waals surface area contributed by atoms with Crippen LogP contribution in [0.15, 0.2) is 21.2 Å². The Kier molecular flexibility index (Phi) is 4.83. The van der Waals surface area contributed by atoms with Crippen LogP contribution in [0.5, 0.6) is 0 Å². The minimum Gasteiger partial charge on any atom is -0.333 e. The van der Waals surface area contributed by atoms with Crippen LogP contribution in [0.4, 0.5) is 30.7 Å². The SMILES string of the molecule is O=C(c1cc(F)c(-c2nc(Br)c(C(F)(F)F)[nH]2)c(Br)c1)C(F)(F)F. The summed E-state index contributed by atoms with van der Waals surface area (Å²) in [5.41, 5.74) is -2.85. The molecule has 0 bridgehead atoms. The normalized spacial score (nSPS) is 12.5. The summed E-state index contributed by atoms with van der Waals surface area (Å²) >= 11 is 5.30. The quantitative estimate of drug-likeness (QED) is 0.452. The van der Waals surface area contributed by atoms with E-state index < -0.39 is 51.2 Å². The van der Waals surface area contributed by atoms with Crippen molar-refractivity contribution in [3.05, 3.63) is 38.3 Å². The van der Waals surface area contributed by atoms with E-state index in [2.05, 4.69) is 36.8 Å². The Morgan fingerprint density at radius 2 is 1.67 bits per heavy atom. The molecule has 24 heavy (non-hydrogen) atoms. The molecule has 0 saturated heterocycles. The monoisotopic (exact) mass is 482 g/mol. The molecule has 1 aromatic heterocycles. The van der Waals surface area contributed by atoms with Crippen molar-refractivity contribution < 1.29 is 35.5 Å². The maximum absolute atomic E-state index is 14.1. The van der Waals surface area contributed by atoms with E-state index in [0.717, 1.165) is 0 Å². The molecular weight excluding hydrogens is 481 g/mol. The number of carbonyl (C=O) groups is 1. The Hall–Kier alpha value is -1.43. The molecule has 0 radical (unpaired) electrons. The first-order valence-electron chi connectivity index (χ1n) is 5.76. The molecule has 0 fully saturated rings. The maximum Gasteiger partial charge on any atom is 0.454 e. The van der Waals surface area contributed by atoms with Crippen molar-refractivity contribution in [2.75, 3.05) is 0 Å². The van der Waals surface area contributed by atoms with Crippen molar-refractivity contribution in [2.24, 2.45) is 0 Å². The third-order valence-electron chi connectivity index (χ3n) is 2.74. The van der Waals surface area contributed by atoms with Crippen molar-refractivity contribution in [3.8, 4) is 11.4 Å². The number of rotatable bonds is 2. The van der Waals surface area contributed by atoms with Gasteiger partial charge in [-0.3, -0.25) is 4.79 Å². The van der Waals surface area contributed by atoms with Crippen LogP contribution in [0.25, 0.3) is 11.4 Å². The summed E-state index contributed by atoms with van der Waals surface area (Å²) < 4.78 is 88.3. The molecule has 2 rings (SSSR count). The van der Waals surface area contributed by atoms with Gasteiger partial charge in [-0.2, -0.15) is 26.3 Å². The van der Waals surface area contributed by atoms with E-state index in [1.54, 1.807) is 0 Å². The lowest BCUT2D eigenvalue weighted by molar-refractivity contribution is -0.141. The van der Waals surface area contributed by atoms with Gasteiger partial charge in [0.1, 0.15) is 16.2 Å². The lowest BCUT2D eigenvalue weighted by Gasteiger charge is -2.09. The number of aromatic nitrogens is 2. The van der Waals surface area contributed by atoms with Crippen LogP contribution >= 0.6 is 31.9 Å². The molecule has 0 amide bonds. The molecule has 0 saturated carbocycles. The Morgan fingerprint density at radius 1 is 1.08 bits per heavy atom. The van der Waals surface area contributed by atoms with Gasteiger partial charge >= 0.3 is 12.4 Å². The molecule has 0 atom stereocenters. The average molecular weight is 484 g/mol. The van der Waals surface area contributed by atoms with Gasteiger partial charge in [0, 0.05) is 10.0 Å². The van der Waals surface area contributed by atoms with E-state index in [9.17, 15) is 35.5 Å². The topological polar surface area (TPSA) is 45.8 Å². The number of H-pyrrole nitrogens is 1. The molecule has 0 aliphatic carbocycles. The Balaban J connectivity index is 2.56. The van der Waals surface area contributed by atoms with Crippen LogP contribution in [0.3, 0.4) is 0 Å². The number of hydrogen-bond acceptors (Lipinski definition) is 2. The highest BCUT2D eigenvalue weighted by Gasteiger charge is 2.40. The van der Waals surface area contributed by atoms with Gasteiger partial charge < -0.3 is 4.98 Å². The van der Waals surface area contributed by atoms with Gasteiger partial charge in [0.15, 0.2) is 5.69 Å². The number of benzene rings is 1. The maximum atomic E-state index is 14.1. The molecule has 1 heterocycles. The van der Waals surface area contributed by atoms with Crippen LogP contribution in [0.1, 0.15) is 16.1 Å². The number of halogens is 9. The average Bonchev–Trinajstić information content (AvgIpc) is 2.77. The minimum atomic E-state index is -5.22. The van der Waals surface area contributed by atoms with Crippen molar-refractivity contribution in [3.63, 3.8) is 0 Å². The molecule has 3 nitrogen and oxygen atoms in total. The zero-order valence-electron chi connectivity index (χ0n) is 10.9. The fraction of sp³-hybridized carbons (Fsp3) is 0.167. The van der Waals surface area contributed by atoms with E-state index in [1.807, 2.05) is 4.98 Å². The number of nitrogens with one attached hydrogen (secondary N) is 1. The number of aromatic amines is 1. The van der Waals surface area contributed by atoms with Crippen LogP contribution in [0, 0.1) is 5.82 Å². The minimum absolute atomic E-state index is 0.277. The number of alkyl halides is 6. The summed E-state index contributed by atoms with van der Waals surface area (Å²) in [5.74, 6) is -4.22. The fourth-order valence-electron chi connectivity index (χ4n) is 1.75. The summed E-state index contributed by atoms with van der Waals surface area (Å²) in [5, 5.41) is 0. The Labute approximate surface area is 145 Å².